The van der Waals surface area contributed by atoms with Crippen molar-refractivity contribution in [1.29, 1.82) is 0 Å². The Morgan fingerprint density at radius 3 is 2.69 bits per heavy atom. The van der Waals surface area contributed by atoms with Gasteiger partial charge in [-0.3, -0.25) is 4.57 Å². The molecule has 7 nitrogen and oxygen atoms in total. The first kappa shape index (κ1) is 22.2. The van der Waals surface area contributed by atoms with Gasteiger partial charge in [-0.2, -0.15) is 0 Å². The van der Waals surface area contributed by atoms with Crippen molar-refractivity contribution in [3.05, 3.63) is 75.2 Å². The van der Waals surface area contributed by atoms with Crippen LogP contribution in [0.5, 0.6) is 5.75 Å². The summed E-state index contributed by atoms with van der Waals surface area (Å²) in [6.07, 6.45) is 1.00. The van der Waals surface area contributed by atoms with Crippen molar-refractivity contribution in [2.75, 3.05) is 18.2 Å². The van der Waals surface area contributed by atoms with E-state index in [1.807, 2.05) is 48.5 Å². The third-order valence-electron chi connectivity index (χ3n) is 4.89. The fourth-order valence-electron chi connectivity index (χ4n) is 3.29. The van der Waals surface area contributed by atoms with E-state index in [4.69, 9.17) is 16.3 Å². The van der Waals surface area contributed by atoms with Crippen molar-refractivity contribution in [3.63, 3.8) is 0 Å². The molecule has 166 valence electrons. The predicted molar refractivity (Wildman–Crippen MR) is 130 cm³/mol. The van der Waals surface area contributed by atoms with Gasteiger partial charge in [0.05, 0.1) is 13.7 Å². The first-order valence-electron chi connectivity index (χ1n) is 10.3. The molecule has 0 bridgehead atoms. The number of benzene rings is 2. The summed E-state index contributed by atoms with van der Waals surface area (Å²) in [5, 5.41) is 4.63. The van der Waals surface area contributed by atoms with Gasteiger partial charge >= 0.3 is 5.69 Å². The molecule has 0 saturated carbocycles. The number of aromatic nitrogens is 4. The van der Waals surface area contributed by atoms with Crippen LogP contribution in [0.15, 0.2) is 58.5 Å². The van der Waals surface area contributed by atoms with Crippen LogP contribution in [0, 0.1) is 0 Å². The number of hydrogen-bond acceptors (Lipinski definition) is 6. The molecule has 0 aliphatic heterocycles. The molecule has 0 amide bonds. The van der Waals surface area contributed by atoms with E-state index >= 15 is 0 Å². The number of rotatable bonds is 9. The number of nitrogens with one attached hydrogen (secondary N) is 2. The van der Waals surface area contributed by atoms with Crippen molar-refractivity contribution in [2.24, 2.45) is 0 Å². The lowest BCUT2D eigenvalue weighted by Gasteiger charge is -2.10. The fraction of sp³-hybridized carbons (Fsp3) is 0.261. The molecule has 0 atom stereocenters. The minimum atomic E-state index is -0.237. The summed E-state index contributed by atoms with van der Waals surface area (Å²) in [5.74, 6) is 2.30. The smallest absolute Gasteiger partial charge is 0.328 e. The molecule has 9 heteroatoms. The van der Waals surface area contributed by atoms with Crippen LogP contribution in [0.25, 0.3) is 11.2 Å². The Morgan fingerprint density at radius 2 is 1.97 bits per heavy atom. The number of aromatic amines is 1. The zero-order chi connectivity index (χ0) is 22.5. The maximum Gasteiger partial charge on any atom is 0.328 e. The molecule has 0 radical (unpaired) electrons. The molecular weight excluding hydrogens is 446 g/mol. The second kappa shape index (κ2) is 10.1. The molecule has 2 N–H and O–H groups in total. The van der Waals surface area contributed by atoms with Crippen molar-refractivity contribution in [2.45, 2.75) is 31.6 Å². The molecule has 0 aliphatic rings. The number of hydrogen-bond donors (Lipinski definition) is 2. The van der Waals surface area contributed by atoms with Crippen LogP contribution in [0.4, 0.5) is 5.82 Å². The number of thioether (sulfide) groups is 1. The van der Waals surface area contributed by atoms with Crippen LogP contribution in [-0.4, -0.2) is 32.4 Å². The van der Waals surface area contributed by atoms with Crippen molar-refractivity contribution >= 4 is 40.3 Å². The average molecular weight is 470 g/mol. The molecule has 32 heavy (non-hydrogen) atoms. The summed E-state index contributed by atoms with van der Waals surface area (Å²) in [6, 6.07) is 15.3. The molecule has 0 fully saturated rings. The summed E-state index contributed by atoms with van der Waals surface area (Å²) in [7, 11) is 1.64. The number of anilines is 1. The molecule has 2 heterocycles. The zero-order valence-corrected chi connectivity index (χ0v) is 19.5. The van der Waals surface area contributed by atoms with Crippen molar-refractivity contribution < 1.29 is 4.74 Å². The second-order valence-corrected chi connectivity index (χ2v) is 8.75. The third kappa shape index (κ3) is 5.08. The summed E-state index contributed by atoms with van der Waals surface area (Å²) < 4.78 is 6.84. The summed E-state index contributed by atoms with van der Waals surface area (Å²) >= 11 is 7.70. The van der Waals surface area contributed by atoms with Gasteiger partial charge in [0.25, 0.3) is 0 Å². The van der Waals surface area contributed by atoms with Crippen LogP contribution >= 0.6 is 23.4 Å². The molecule has 0 spiro atoms. The standard InChI is InChI=1S/C23H24ClN5O2S/c1-3-11-32-22-27-20(25-13-15-7-9-18(31-2)10-8-15)19-21(28-22)29(23(30)26-19)14-16-5-4-6-17(24)12-16/h4-10,12H,3,11,13-14H2,1-2H3,(H,26,30)(H,25,27,28). The highest BCUT2D eigenvalue weighted by Crippen LogP contribution is 2.24. The summed E-state index contributed by atoms with van der Waals surface area (Å²) in [5.41, 5.74) is 2.92. The Hall–Kier alpha value is -2.97. The van der Waals surface area contributed by atoms with Crippen LogP contribution in [-0.2, 0) is 13.1 Å². The Morgan fingerprint density at radius 1 is 1.16 bits per heavy atom. The maximum atomic E-state index is 12.8. The fourth-order valence-corrected chi connectivity index (χ4v) is 4.20. The minimum Gasteiger partial charge on any atom is -0.497 e. The molecule has 0 unspecified atom stereocenters. The monoisotopic (exact) mass is 469 g/mol. The van der Waals surface area contributed by atoms with Crippen LogP contribution in [0.3, 0.4) is 0 Å². The first-order valence-corrected chi connectivity index (χ1v) is 11.7. The first-order chi connectivity index (χ1) is 15.6. The van der Waals surface area contributed by atoms with Gasteiger partial charge in [0.2, 0.25) is 0 Å². The topological polar surface area (TPSA) is 84.8 Å². The van der Waals surface area contributed by atoms with Crippen molar-refractivity contribution in [3.8, 4) is 5.75 Å². The van der Waals surface area contributed by atoms with Gasteiger partial charge in [0.15, 0.2) is 16.6 Å². The Kier molecular flexibility index (Phi) is 7.02. The summed E-state index contributed by atoms with van der Waals surface area (Å²) in [6.45, 7) is 3.03. The lowest BCUT2D eigenvalue weighted by atomic mass is 10.2. The molecule has 0 aliphatic carbocycles. The third-order valence-corrected chi connectivity index (χ3v) is 6.17. The molecule has 4 rings (SSSR count). The Balaban J connectivity index is 1.69. The van der Waals surface area contributed by atoms with Crippen LogP contribution in [0.2, 0.25) is 5.02 Å². The van der Waals surface area contributed by atoms with Gasteiger partial charge in [-0.25, -0.2) is 14.8 Å². The predicted octanol–water partition coefficient (Wildman–Crippen LogP) is 4.94. The van der Waals surface area contributed by atoms with Gasteiger partial charge in [0, 0.05) is 17.3 Å². The molecule has 2 aromatic carbocycles. The quantitative estimate of drug-likeness (QED) is 0.266. The lowest BCUT2D eigenvalue weighted by molar-refractivity contribution is 0.414. The largest absolute Gasteiger partial charge is 0.497 e. The SMILES string of the molecule is CCCSc1nc(NCc2ccc(OC)cc2)c2[nH]c(=O)n(Cc3cccc(Cl)c3)c2n1. The second-order valence-electron chi connectivity index (χ2n) is 7.25. The highest BCUT2D eigenvalue weighted by molar-refractivity contribution is 7.99. The van der Waals surface area contributed by atoms with E-state index < -0.39 is 0 Å². The van der Waals surface area contributed by atoms with E-state index in [0.717, 1.165) is 29.1 Å². The number of fused-ring (bicyclic) bond motifs is 1. The van der Waals surface area contributed by atoms with Crippen molar-refractivity contribution in [1.82, 2.24) is 19.5 Å². The Labute approximate surface area is 195 Å². The van der Waals surface area contributed by atoms with E-state index in [0.29, 0.717) is 40.3 Å². The van der Waals surface area contributed by atoms with E-state index in [1.165, 1.54) is 0 Å². The van der Waals surface area contributed by atoms with Crippen LogP contribution < -0.4 is 15.7 Å². The van der Waals surface area contributed by atoms with Gasteiger partial charge in [-0.1, -0.05) is 54.6 Å². The van der Waals surface area contributed by atoms with E-state index in [1.54, 1.807) is 23.4 Å². The summed E-state index contributed by atoms with van der Waals surface area (Å²) in [4.78, 5) is 25.1. The number of ether oxygens (including phenoxy) is 1. The van der Waals surface area contributed by atoms with Crippen LogP contribution in [0.1, 0.15) is 24.5 Å². The zero-order valence-electron chi connectivity index (χ0n) is 17.9. The average Bonchev–Trinajstić information content (AvgIpc) is 3.11. The molecule has 2 aromatic heterocycles. The lowest BCUT2D eigenvalue weighted by Crippen LogP contribution is -2.17. The number of imidazole rings is 1. The maximum absolute atomic E-state index is 12.8. The number of H-pyrrole nitrogens is 1. The number of methoxy groups -OCH3 is 1. The van der Waals surface area contributed by atoms with Gasteiger partial charge in [-0.15, -0.1) is 0 Å². The van der Waals surface area contributed by atoms with Gasteiger partial charge in [-0.05, 0) is 41.8 Å². The minimum absolute atomic E-state index is 0.237. The number of halogens is 1. The highest BCUT2D eigenvalue weighted by atomic mass is 35.5. The van der Waals surface area contributed by atoms with Gasteiger partial charge in [0.1, 0.15) is 11.3 Å². The van der Waals surface area contributed by atoms with E-state index in [-0.39, 0.29) is 5.69 Å². The van der Waals surface area contributed by atoms with E-state index in [9.17, 15) is 4.79 Å². The molecular formula is C23H24ClN5O2S. The number of nitrogens with zero attached hydrogens (tertiary/aromatic N) is 3. The molecule has 0 saturated heterocycles. The van der Waals surface area contributed by atoms with E-state index in [2.05, 4.69) is 27.2 Å². The normalized spacial score (nSPS) is 11.1. The molecule has 4 aromatic rings. The Bertz CT molecular complexity index is 1270. The van der Waals surface area contributed by atoms with Gasteiger partial charge < -0.3 is 15.0 Å². The highest BCUT2D eigenvalue weighted by Gasteiger charge is 2.16.